The highest BCUT2D eigenvalue weighted by Crippen LogP contribution is 2.11. The van der Waals surface area contributed by atoms with Crippen molar-refractivity contribution in [3.63, 3.8) is 0 Å². The molecule has 0 saturated carbocycles. The normalized spacial score (nSPS) is 15.9. The maximum Gasteiger partial charge on any atom is 0.130 e. The van der Waals surface area contributed by atoms with Gasteiger partial charge in [0.25, 0.3) is 0 Å². The first-order chi connectivity index (χ1) is 7.10. The van der Waals surface area contributed by atoms with E-state index in [4.69, 9.17) is 15.5 Å². The van der Waals surface area contributed by atoms with Gasteiger partial charge in [-0.2, -0.15) is 5.26 Å². The average Bonchev–Trinajstić information content (AvgIpc) is 2.27. The van der Waals surface area contributed by atoms with Crippen LogP contribution in [0.3, 0.4) is 0 Å². The van der Waals surface area contributed by atoms with E-state index in [1.165, 1.54) is 0 Å². The van der Waals surface area contributed by atoms with Crippen LogP contribution in [-0.2, 0) is 4.74 Å². The summed E-state index contributed by atoms with van der Waals surface area (Å²) in [6.07, 6.45) is 0.513. The highest BCUT2D eigenvalue weighted by Gasteiger charge is 2.30. The Morgan fingerprint density at radius 2 is 2.40 bits per heavy atom. The van der Waals surface area contributed by atoms with E-state index in [0.717, 1.165) is 0 Å². The van der Waals surface area contributed by atoms with Crippen LogP contribution in [-0.4, -0.2) is 31.8 Å². The molecule has 0 aromatic heterocycles. The molecule has 0 rings (SSSR count). The lowest BCUT2D eigenvalue weighted by atomic mass is 9.97. The topological polar surface area (TPSA) is 93.8 Å². The third-order valence-corrected chi connectivity index (χ3v) is 2.39. The van der Waals surface area contributed by atoms with E-state index in [1.54, 1.807) is 14.0 Å². The zero-order valence-electron chi connectivity index (χ0n) is 9.40. The molecule has 0 aliphatic carbocycles. The number of nitrogens with one attached hydrogen (secondary N) is 1. The molecule has 0 saturated heterocycles. The van der Waals surface area contributed by atoms with Crippen molar-refractivity contribution in [1.82, 2.24) is 5.32 Å². The maximum absolute atomic E-state index is 9.02. The fourth-order valence-corrected chi connectivity index (χ4v) is 1.05. The molecule has 1 N–H and O–H groups in total. The van der Waals surface area contributed by atoms with Crippen LogP contribution in [0, 0.1) is 11.3 Å². The summed E-state index contributed by atoms with van der Waals surface area (Å²) in [5.74, 6) is 0. The first-order valence-electron chi connectivity index (χ1n) is 4.80. The molecular formula is C9H17N5O. The van der Waals surface area contributed by atoms with Crippen LogP contribution < -0.4 is 5.32 Å². The van der Waals surface area contributed by atoms with Crippen LogP contribution in [0.4, 0.5) is 0 Å². The summed E-state index contributed by atoms with van der Waals surface area (Å²) in [6, 6.07) is 2.18. The van der Waals surface area contributed by atoms with Gasteiger partial charge in [0.05, 0.1) is 12.2 Å². The Bertz CT molecular complexity index is 268. The smallest absolute Gasteiger partial charge is 0.130 e. The molecule has 2 atom stereocenters. The molecule has 0 heterocycles. The van der Waals surface area contributed by atoms with Crippen molar-refractivity contribution in [3.05, 3.63) is 10.4 Å². The lowest BCUT2D eigenvalue weighted by Crippen LogP contribution is -2.50. The van der Waals surface area contributed by atoms with E-state index < -0.39 is 5.54 Å². The number of hydrogen-bond acceptors (Lipinski definition) is 4. The first kappa shape index (κ1) is 13.7. The number of nitrogens with zero attached hydrogens (tertiary/aromatic N) is 4. The highest BCUT2D eigenvalue weighted by atomic mass is 16.5. The molecule has 2 unspecified atom stereocenters. The molecule has 0 aromatic rings. The van der Waals surface area contributed by atoms with Crippen molar-refractivity contribution in [2.75, 3.05) is 20.2 Å². The molecule has 0 radical (unpaired) electrons. The molecule has 6 heteroatoms. The SMILES string of the molecule is COC(C)C(C)(C#N)NCCCN=[N+]=[N-]. The first-order valence-corrected chi connectivity index (χ1v) is 4.80. The van der Waals surface area contributed by atoms with E-state index in [2.05, 4.69) is 21.4 Å². The molecule has 0 aliphatic rings. The zero-order valence-corrected chi connectivity index (χ0v) is 9.40. The van der Waals surface area contributed by atoms with Gasteiger partial charge in [-0.25, -0.2) is 0 Å². The third kappa shape index (κ3) is 4.66. The molecule has 15 heavy (non-hydrogen) atoms. The average molecular weight is 211 g/mol. The summed E-state index contributed by atoms with van der Waals surface area (Å²) < 4.78 is 5.12. The van der Waals surface area contributed by atoms with Crippen LogP contribution in [0.15, 0.2) is 5.11 Å². The summed E-state index contributed by atoms with van der Waals surface area (Å²) >= 11 is 0. The van der Waals surface area contributed by atoms with Gasteiger partial charge in [-0.05, 0) is 32.3 Å². The van der Waals surface area contributed by atoms with Gasteiger partial charge in [0.15, 0.2) is 0 Å². The Hall–Kier alpha value is -1.28. The molecule has 0 aliphatic heterocycles. The van der Waals surface area contributed by atoms with E-state index >= 15 is 0 Å². The van der Waals surface area contributed by atoms with Gasteiger partial charge < -0.3 is 4.74 Å². The minimum absolute atomic E-state index is 0.193. The van der Waals surface area contributed by atoms with Crippen molar-refractivity contribution < 1.29 is 4.74 Å². The van der Waals surface area contributed by atoms with Gasteiger partial charge >= 0.3 is 0 Å². The van der Waals surface area contributed by atoms with Gasteiger partial charge in [0.2, 0.25) is 0 Å². The Labute approximate surface area is 89.8 Å². The Balaban J connectivity index is 4.00. The van der Waals surface area contributed by atoms with Gasteiger partial charge in [-0.3, -0.25) is 5.32 Å². The summed E-state index contributed by atoms with van der Waals surface area (Å²) in [4.78, 5) is 2.65. The van der Waals surface area contributed by atoms with Gasteiger partial charge in [-0.1, -0.05) is 5.11 Å². The minimum atomic E-state index is -0.703. The van der Waals surface area contributed by atoms with E-state index in [9.17, 15) is 0 Å². The van der Waals surface area contributed by atoms with Crippen LogP contribution in [0.2, 0.25) is 0 Å². The number of azide groups is 1. The Morgan fingerprint density at radius 1 is 1.73 bits per heavy atom. The molecule has 0 bridgehead atoms. The van der Waals surface area contributed by atoms with Gasteiger partial charge in [0.1, 0.15) is 5.54 Å². The predicted octanol–water partition coefficient (Wildman–Crippen LogP) is 1.59. The standard InChI is InChI=1S/C9H17N5O/c1-8(15-3)9(2,7-10)12-5-4-6-13-14-11/h8,12H,4-6H2,1-3H3. The second-order valence-electron chi connectivity index (χ2n) is 3.43. The van der Waals surface area contributed by atoms with Crippen LogP contribution >= 0.6 is 0 Å². The monoisotopic (exact) mass is 211 g/mol. The summed E-state index contributed by atoms with van der Waals surface area (Å²) in [6.45, 7) is 4.68. The van der Waals surface area contributed by atoms with E-state index in [0.29, 0.717) is 19.5 Å². The largest absolute Gasteiger partial charge is 0.379 e. The number of ether oxygens (including phenoxy) is 1. The van der Waals surface area contributed by atoms with Crippen LogP contribution in [0.1, 0.15) is 20.3 Å². The van der Waals surface area contributed by atoms with Crippen molar-refractivity contribution in [1.29, 1.82) is 5.26 Å². The molecule has 84 valence electrons. The van der Waals surface area contributed by atoms with Gasteiger partial charge in [-0.15, -0.1) is 0 Å². The minimum Gasteiger partial charge on any atom is -0.379 e. The highest BCUT2D eigenvalue weighted by molar-refractivity contribution is 5.07. The summed E-state index contributed by atoms with van der Waals surface area (Å²) in [5, 5.41) is 15.5. The fraction of sp³-hybridized carbons (Fsp3) is 0.889. The number of nitriles is 1. The molecule has 6 nitrogen and oxygen atoms in total. The molecule has 0 amide bonds. The zero-order chi connectivity index (χ0) is 11.7. The number of methoxy groups -OCH3 is 1. The molecule has 0 fully saturated rings. The summed E-state index contributed by atoms with van der Waals surface area (Å²) in [7, 11) is 1.57. The lowest BCUT2D eigenvalue weighted by molar-refractivity contribution is 0.0626. The number of rotatable bonds is 7. The second-order valence-corrected chi connectivity index (χ2v) is 3.43. The molecule has 0 spiro atoms. The van der Waals surface area contributed by atoms with Crippen molar-refractivity contribution in [2.24, 2.45) is 5.11 Å². The second kappa shape index (κ2) is 7.07. The molecule has 0 aromatic carbocycles. The van der Waals surface area contributed by atoms with Crippen molar-refractivity contribution in [2.45, 2.75) is 31.9 Å². The van der Waals surface area contributed by atoms with Gasteiger partial charge in [0, 0.05) is 18.6 Å². The number of hydrogen-bond donors (Lipinski definition) is 1. The Kier molecular flexibility index (Phi) is 6.47. The summed E-state index contributed by atoms with van der Waals surface area (Å²) in [5.41, 5.74) is 7.36. The van der Waals surface area contributed by atoms with E-state index in [1.807, 2.05) is 6.92 Å². The lowest BCUT2D eigenvalue weighted by Gasteiger charge is -2.28. The molecular weight excluding hydrogens is 194 g/mol. The predicted molar refractivity (Wildman–Crippen MR) is 57.1 cm³/mol. The maximum atomic E-state index is 9.02. The van der Waals surface area contributed by atoms with E-state index in [-0.39, 0.29) is 6.10 Å². The van der Waals surface area contributed by atoms with Crippen molar-refractivity contribution >= 4 is 0 Å². The van der Waals surface area contributed by atoms with Crippen LogP contribution in [0.5, 0.6) is 0 Å². The third-order valence-electron chi connectivity index (χ3n) is 2.39. The van der Waals surface area contributed by atoms with Crippen LogP contribution in [0.25, 0.3) is 10.4 Å². The van der Waals surface area contributed by atoms with Crippen molar-refractivity contribution in [3.8, 4) is 6.07 Å². The quantitative estimate of drug-likeness (QED) is 0.300. The Morgan fingerprint density at radius 3 is 2.87 bits per heavy atom. The fourth-order valence-electron chi connectivity index (χ4n) is 1.05.